The molecule has 0 saturated heterocycles. The van der Waals surface area contributed by atoms with Gasteiger partial charge in [-0.1, -0.05) is 80.1 Å². The van der Waals surface area contributed by atoms with Crippen LogP contribution >= 0.6 is 0 Å². The van der Waals surface area contributed by atoms with Crippen LogP contribution in [0.2, 0.25) is 0 Å². The summed E-state index contributed by atoms with van der Waals surface area (Å²) >= 11 is 0. The highest BCUT2D eigenvalue weighted by Gasteiger charge is 2.07. The van der Waals surface area contributed by atoms with E-state index in [0.717, 1.165) is 24.0 Å². The highest BCUT2D eigenvalue weighted by molar-refractivity contribution is 6.11. The summed E-state index contributed by atoms with van der Waals surface area (Å²) in [4.78, 5) is 24.5. The van der Waals surface area contributed by atoms with Crippen molar-refractivity contribution in [2.75, 3.05) is 5.32 Å². The molecule has 0 saturated carbocycles. The maximum absolute atomic E-state index is 12.6. The van der Waals surface area contributed by atoms with Crippen LogP contribution in [0.1, 0.15) is 47.7 Å². The van der Waals surface area contributed by atoms with E-state index in [2.05, 4.69) is 15.8 Å². The number of anilines is 1. The first kappa shape index (κ1) is 22.7. The van der Waals surface area contributed by atoms with E-state index in [1.165, 1.54) is 0 Å². The third kappa shape index (κ3) is 7.06. The third-order valence-electron chi connectivity index (χ3n) is 4.77. The van der Waals surface area contributed by atoms with Crippen molar-refractivity contribution in [3.8, 4) is 0 Å². The summed E-state index contributed by atoms with van der Waals surface area (Å²) in [6.07, 6.45) is 6.14. The maximum atomic E-state index is 12.6. The second-order valence-electron chi connectivity index (χ2n) is 7.28. The Hall–Kier alpha value is -3.99. The molecule has 0 unspecified atom stereocenters. The van der Waals surface area contributed by atoms with Crippen LogP contribution in [0.4, 0.5) is 5.69 Å². The Bertz CT molecular complexity index is 1070. The molecule has 162 valence electrons. The molecule has 0 aliphatic carbocycles. The molecule has 3 rings (SSSR count). The molecule has 0 atom stereocenters. The van der Waals surface area contributed by atoms with Gasteiger partial charge in [0.2, 0.25) is 5.91 Å². The Morgan fingerprint density at radius 2 is 1.50 bits per heavy atom. The monoisotopic (exact) mass is 425 g/mol. The highest BCUT2D eigenvalue weighted by Crippen LogP contribution is 2.11. The first-order valence-corrected chi connectivity index (χ1v) is 10.7. The molecule has 0 radical (unpaired) electrons. The van der Waals surface area contributed by atoms with Gasteiger partial charge in [0.1, 0.15) is 0 Å². The Labute approximate surface area is 188 Å². The number of nitrogens with zero attached hydrogens (tertiary/aromatic N) is 1. The summed E-state index contributed by atoms with van der Waals surface area (Å²) in [5.74, 6) is -0.346. The molecule has 3 aromatic rings. The predicted molar refractivity (Wildman–Crippen MR) is 131 cm³/mol. The zero-order chi connectivity index (χ0) is 22.6. The van der Waals surface area contributed by atoms with Crippen LogP contribution in [0.5, 0.6) is 0 Å². The molecule has 2 amide bonds. The second-order valence-corrected chi connectivity index (χ2v) is 7.28. The fraction of sp³-hybridized carbons (Fsp3) is 0.148. The molecule has 5 nitrogen and oxygen atoms in total. The zero-order valence-corrected chi connectivity index (χ0v) is 18.1. The third-order valence-corrected chi connectivity index (χ3v) is 4.77. The standard InChI is InChI=1S/C27H27N3O2/c1-2-3-14-26(31)28-24-18-16-23(17-19-24)27(32)30-29-25(22-12-8-5-9-13-22)20-15-21-10-6-4-7-11-21/h4-13,15-20H,2-3,14H2,1H3,(H,28,31)(H,30,32)/b20-15+,29-25-. The Kier molecular flexibility index (Phi) is 8.51. The van der Waals surface area contributed by atoms with Crippen LogP contribution in [-0.4, -0.2) is 17.5 Å². The van der Waals surface area contributed by atoms with E-state index in [0.29, 0.717) is 23.4 Å². The lowest BCUT2D eigenvalue weighted by atomic mass is 10.1. The number of nitrogens with one attached hydrogen (secondary N) is 2. The fourth-order valence-corrected chi connectivity index (χ4v) is 2.99. The number of amides is 2. The number of carbonyl (C=O) groups excluding carboxylic acids is 2. The lowest BCUT2D eigenvalue weighted by Gasteiger charge is -2.07. The predicted octanol–water partition coefficient (Wildman–Crippen LogP) is 5.66. The molecule has 0 aliphatic rings. The van der Waals surface area contributed by atoms with Gasteiger partial charge in [0.15, 0.2) is 0 Å². The zero-order valence-electron chi connectivity index (χ0n) is 18.1. The van der Waals surface area contributed by atoms with Crippen molar-refractivity contribution >= 4 is 29.3 Å². The lowest BCUT2D eigenvalue weighted by molar-refractivity contribution is -0.116. The molecule has 0 aromatic heterocycles. The average molecular weight is 426 g/mol. The molecule has 2 N–H and O–H groups in total. The number of carbonyl (C=O) groups is 2. The van der Waals surface area contributed by atoms with Gasteiger partial charge in [-0.25, -0.2) is 5.43 Å². The largest absolute Gasteiger partial charge is 0.326 e. The minimum atomic E-state index is -0.324. The van der Waals surface area contributed by atoms with Crippen molar-refractivity contribution < 1.29 is 9.59 Å². The topological polar surface area (TPSA) is 70.6 Å². The van der Waals surface area contributed by atoms with Crippen LogP contribution in [-0.2, 0) is 4.79 Å². The summed E-state index contributed by atoms with van der Waals surface area (Å²) in [6, 6.07) is 26.3. The van der Waals surface area contributed by atoms with Gasteiger partial charge in [0, 0.05) is 23.2 Å². The van der Waals surface area contributed by atoms with Crippen molar-refractivity contribution in [2.24, 2.45) is 5.10 Å². The summed E-state index contributed by atoms with van der Waals surface area (Å²) in [7, 11) is 0. The van der Waals surface area contributed by atoms with Gasteiger partial charge in [-0.2, -0.15) is 5.10 Å². The summed E-state index contributed by atoms with van der Waals surface area (Å²) in [5, 5.41) is 7.19. The van der Waals surface area contributed by atoms with E-state index in [4.69, 9.17) is 0 Å². The number of hydrazone groups is 1. The van der Waals surface area contributed by atoms with Crippen molar-refractivity contribution in [3.63, 3.8) is 0 Å². The van der Waals surface area contributed by atoms with Crippen molar-refractivity contribution in [1.82, 2.24) is 5.43 Å². The van der Waals surface area contributed by atoms with Crippen LogP contribution < -0.4 is 10.7 Å². The van der Waals surface area contributed by atoms with Gasteiger partial charge in [-0.3, -0.25) is 9.59 Å². The van der Waals surface area contributed by atoms with E-state index < -0.39 is 0 Å². The molecular weight excluding hydrogens is 398 g/mol. The number of hydrogen-bond donors (Lipinski definition) is 2. The smallest absolute Gasteiger partial charge is 0.271 e. The summed E-state index contributed by atoms with van der Waals surface area (Å²) < 4.78 is 0. The fourth-order valence-electron chi connectivity index (χ4n) is 2.99. The van der Waals surface area contributed by atoms with Crippen molar-refractivity contribution in [1.29, 1.82) is 0 Å². The second kappa shape index (κ2) is 12.0. The summed E-state index contributed by atoms with van der Waals surface area (Å²) in [6.45, 7) is 2.05. The first-order chi connectivity index (χ1) is 15.7. The molecule has 0 spiro atoms. The lowest BCUT2D eigenvalue weighted by Crippen LogP contribution is -2.19. The number of unbranched alkanes of at least 4 members (excludes halogenated alkanes) is 1. The van der Waals surface area contributed by atoms with Gasteiger partial charge >= 0.3 is 0 Å². The van der Waals surface area contributed by atoms with E-state index in [1.807, 2.05) is 79.7 Å². The van der Waals surface area contributed by atoms with Crippen molar-refractivity contribution in [2.45, 2.75) is 26.2 Å². The van der Waals surface area contributed by atoms with Crippen LogP contribution in [0.25, 0.3) is 6.08 Å². The van der Waals surface area contributed by atoms with Gasteiger partial charge < -0.3 is 5.32 Å². The molecule has 3 aromatic carbocycles. The van der Waals surface area contributed by atoms with Gasteiger partial charge in [0.25, 0.3) is 5.91 Å². The number of allylic oxidation sites excluding steroid dienone is 1. The molecule has 0 bridgehead atoms. The minimum Gasteiger partial charge on any atom is -0.326 e. The Balaban J connectivity index is 1.70. The van der Waals surface area contributed by atoms with E-state index in [-0.39, 0.29) is 11.8 Å². The van der Waals surface area contributed by atoms with Gasteiger partial charge in [0.05, 0.1) is 5.71 Å². The minimum absolute atomic E-state index is 0.0219. The molecular formula is C27H27N3O2. The molecule has 0 fully saturated rings. The van der Waals surface area contributed by atoms with Gasteiger partial charge in [-0.05, 0) is 42.3 Å². The number of hydrogen-bond acceptors (Lipinski definition) is 3. The molecule has 32 heavy (non-hydrogen) atoms. The maximum Gasteiger partial charge on any atom is 0.271 e. The van der Waals surface area contributed by atoms with Crippen molar-refractivity contribution in [3.05, 3.63) is 108 Å². The van der Waals surface area contributed by atoms with E-state index >= 15 is 0 Å². The van der Waals surface area contributed by atoms with Crippen LogP contribution in [0.15, 0.2) is 96.1 Å². The molecule has 0 aliphatic heterocycles. The summed E-state index contributed by atoms with van der Waals surface area (Å²) in [5.41, 5.74) is 6.33. The highest BCUT2D eigenvalue weighted by atomic mass is 16.2. The van der Waals surface area contributed by atoms with E-state index in [1.54, 1.807) is 24.3 Å². The Morgan fingerprint density at radius 1 is 0.844 bits per heavy atom. The Morgan fingerprint density at radius 3 is 2.16 bits per heavy atom. The first-order valence-electron chi connectivity index (χ1n) is 10.7. The average Bonchev–Trinajstić information content (AvgIpc) is 2.84. The SMILES string of the molecule is CCCCC(=O)Nc1ccc(C(=O)N/N=C(/C=C/c2ccccc2)c2ccccc2)cc1. The van der Waals surface area contributed by atoms with Gasteiger partial charge in [-0.15, -0.1) is 0 Å². The molecule has 0 heterocycles. The van der Waals surface area contributed by atoms with Crippen LogP contribution in [0.3, 0.4) is 0 Å². The molecule has 5 heteroatoms. The number of benzene rings is 3. The normalized spacial score (nSPS) is 11.3. The quantitative estimate of drug-likeness (QED) is 0.343. The van der Waals surface area contributed by atoms with Crippen LogP contribution in [0, 0.1) is 0 Å². The van der Waals surface area contributed by atoms with E-state index in [9.17, 15) is 9.59 Å². The number of rotatable bonds is 9.